The van der Waals surface area contributed by atoms with Crippen molar-refractivity contribution in [1.82, 2.24) is 9.38 Å². The number of imidazole rings is 1. The van der Waals surface area contributed by atoms with Crippen molar-refractivity contribution in [1.29, 1.82) is 0 Å². The number of aromatic nitrogens is 2. The summed E-state index contributed by atoms with van der Waals surface area (Å²) < 4.78 is 1.61. The quantitative estimate of drug-likeness (QED) is 0.774. The normalized spacial score (nSPS) is 10.9. The minimum atomic E-state index is -0.958. The van der Waals surface area contributed by atoms with Gasteiger partial charge in [0.05, 0.1) is 5.69 Å². The van der Waals surface area contributed by atoms with Gasteiger partial charge in [-0.2, -0.15) is 0 Å². The first-order valence-electron chi connectivity index (χ1n) is 6.35. The van der Waals surface area contributed by atoms with E-state index < -0.39 is 5.97 Å². The molecule has 0 bridgehead atoms. The largest absolute Gasteiger partial charge is 0.477 e. The Bertz CT molecular complexity index is 818. The minimum absolute atomic E-state index is 0.214. The maximum absolute atomic E-state index is 11.2. The summed E-state index contributed by atoms with van der Waals surface area (Å²) in [6, 6.07) is 11.2. The van der Waals surface area contributed by atoms with Crippen LogP contribution in [0.5, 0.6) is 0 Å². The summed E-state index contributed by atoms with van der Waals surface area (Å²) >= 11 is 0. The zero-order valence-electron chi connectivity index (χ0n) is 11.3. The van der Waals surface area contributed by atoms with Crippen LogP contribution in [0.3, 0.4) is 0 Å². The number of rotatable bonds is 2. The summed E-state index contributed by atoms with van der Waals surface area (Å²) in [5, 5.41) is 9.21. The lowest BCUT2D eigenvalue weighted by molar-refractivity contribution is 0.0689. The van der Waals surface area contributed by atoms with Crippen molar-refractivity contribution >= 4 is 11.6 Å². The zero-order chi connectivity index (χ0) is 14.3. The Morgan fingerprint density at radius 3 is 2.70 bits per heavy atom. The number of hydrogen-bond donors (Lipinski definition) is 1. The van der Waals surface area contributed by atoms with E-state index in [1.165, 1.54) is 5.56 Å². The van der Waals surface area contributed by atoms with E-state index in [4.69, 9.17) is 0 Å². The van der Waals surface area contributed by atoms with Gasteiger partial charge in [0.2, 0.25) is 0 Å². The molecule has 0 aliphatic heterocycles. The number of nitrogens with zero attached hydrogens (tertiary/aromatic N) is 2. The highest BCUT2D eigenvalue weighted by molar-refractivity contribution is 5.87. The predicted octanol–water partition coefficient (Wildman–Crippen LogP) is 3.32. The van der Waals surface area contributed by atoms with Crippen molar-refractivity contribution in [3.8, 4) is 11.3 Å². The van der Waals surface area contributed by atoms with Crippen LogP contribution in [0.25, 0.3) is 16.9 Å². The summed E-state index contributed by atoms with van der Waals surface area (Å²) in [5.74, 6) is -0.958. The molecule has 3 aromatic rings. The first kappa shape index (κ1) is 12.4. The Morgan fingerprint density at radius 1 is 1.20 bits per heavy atom. The Labute approximate surface area is 116 Å². The average molecular weight is 266 g/mol. The molecular weight excluding hydrogens is 252 g/mol. The standard InChI is InChI=1S/C16H14N2O2/c1-10-6-7-12(11(2)8-10)13-9-18-14(16(19)20)4-3-5-15(18)17-13/h3-9H,1-2H3,(H,19,20). The molecule has 1 aromatic carbocycles. The second-order valence-corrected chi connectivity index (χ2v) is 4.89. The summed E-state index contributed by atoms with van der Waals surface area (Å²) in [6.07, 6.45) is 1.77. The van der Waals surface area contributed by atoms with Crippen LogP contribution in [0.2, 0.25) is 0 Å². The lowest BCUT2D eigenvalue weighted by atomic mass is 10.0. The third-order valence-corrected chi connectivity index (χ3v) is 3.37. The lowest BCUT2D eigenvalue weighted by Crippen LogP contribution is -2.03. The molecule has 0 unspecified atom stereocenters. The van der Waals surface area contributed by atoms with Gasteiger partial charge < -0.3 is 5.11 Å². The molecule has 0 saturated heterocycles. The molecule has 0 atom stereocenters. The van der Waals surface area contributed by atoms with Crippen LogP contribution in [0, 0.1) is 13.8 Å². The molecule has 2 heterocycles. The molecule has 100 valence electrons. The summed E-state index contributed by atoms with van der Waals surface area (Å²) in [6.45, 7) is 4.08. The van der Waals surface area contributed by atoms with Crippen molar-refractivity contribution in [2.24, 2.45) is 0 Å². The number of carboxylic acids is 1. The van der Waals surface area contributed by atoms with Gasteiger partial charge in [0.1, 0.15) is 11.3 Å². The fraction of sp³-hybridized carbons (Fsp3) is 0.125. The van der Waals surface area contributed by atoms with Crippen LogP contribution in [0.15, 0.2) is 42.6 Å². The number of aromatic carboxylic acids is 1. The second-order valence-electron chi connectivity index (χ2n) is 4.89. The summed E-state index contributed by atoms with van der Waals surface area (Å²) in [5.41, 5.74) is 4.99. The van der Waals surface area contributed by atoms with Gasteiger partial charge in [-0.25, -0.2) is 9.78 Å². The fourth-order valence-electron chi connectivity index (χ4n) is 2.42. The van der Waals surface area contributed by atoms with Crippen LogP contribution in [-0.4, -0.2) is 20.5 Å². The Kier molecular flexibility index (Phi) is 2.79. The van der Waals surface area contributed by atoms with E-state index in [0.717, 1.165) is 16.8 Å². The number of benzene rings is 1. The SMILES string of the molecule is Cc1ccc(-c2cn3c(C(=O)O)cccc3n2)c(C)c1. The Balaban J connectivity index is 2.23. The van der Waals surface area contributed by atoms with Gasteiger partial charge in [-0.3, -0.25) is 4.40 Å². The van der Waals surface area contributed by atoms with Gasteiger partial charge >= 0.3 is 5.97 Å². The molecule has 0 radical (unpaired) electrons. The number of pyridine rings is 1. The molecule has 20 heavy (non-hydrogen) atoms. The number of fused-ring (bicyclic) bond motifs is 1. The topological polar surface area (TPSA) is 54.6 Å². The van der Waals surface area contributed by atoms with Gasteiger partial charge in [0, 0.05) is 11.8 Å². The molecular formula is C16H14N2O2. The van der Waals surface area contributed by atoms with Crippen molar-refractivity contribution in [2.45, 2.75) is 13.8 Å². The predicted molar refractivity (Wildman–Crippen MR) is 77.1 cm³/mol. The molecule has 3 rings (SSSR count). The van der Waals surface area contributed by atoms with Crippen molar-refractivity contribution < 1.29 is 9.90 Å². The first-order valence-corrected chi connectivity index (χ1v) is 6.35. The van der Waals surface area contributed by atoms with E-state index in [0.29, 0.717) is 5.65 Å². The molecule has 4 heteroatoms. The second kappa shape index (κ2) is 4.49. The highest BCUT2D eigenvalue weighted by atomic mass is 16.4. The third-order valence-electron chi connectivity index (χ3n) is 3.37. The van der Waals surface area contributed by atoms with E-state index in [1.54, 1.807) is 28.8 Å². The molecule has 0 aliphatic rings. The van der Waals surface area contributed by atoms with Gasteiger partial charge in [-0.1, -0.05) is 29.8 Å². The highest BCUT2D eigenvalue weighted by Crippen LogP contribution is 2.24. The molecule has 0 amide bonds. The van der Waals surface area contributed by atoms with E-state index in [1.807, 2.05) is 26.0 Å². The average Bonchev–Trinajstić information content (AvgIpc) is 2.81. The minimum Gasteiger partial charge on any atom is -0.477 e. The number of hydrogen-bond acceptors (Lipinski definition) is 2. The van der Waals surface area contributed by atoms with Crippen LogP contribution in [0.4, 0.5) is 0 Å². The van der Waals surface area contributed by atoms with Crippen molar-refractivity contribution in [3.05, 3.63) is 59.4 Å². The van der Waals surface area contributed by atoms with E-state index in [9.17, 15) is 9.90 Å². The van der Waals surface area contributed by atoms with E-state index in [-0.39, 0.29) is 5.69 Å². The molecule has 0 fully saturated rings. The van der Waals surface area contributed by atoms with Gasteiger partial charge in [-0.15, -0.1) is 0 Å². The van der Waals surface area contributed by atoms with Gasteiger partial charge in [0.25, 0.3) is 0 Å². The van der Waals surface area contributed by atoms with Crippen LogP contribution >= 0.6 is 0 Å². The lowest BCUT2D eigenvalue weighted by Gasteiger charge is -2.03. The fourth-order valence-corrected chi connectivity index (χ4v) is 2.42. The Morgan fingerprint density at radius 2 is 2.00 bits per heavy atom. The van der Waals surface area contributed by atoms with Gasteiger partial charge in [-0.05, 0) is 31.5 Å². The molecule has 2 aromatic heterocycles. The molecule has 1 N–H and O–H groups in total. The highest BCUT2D eigenvalue weighted by Gasteiger charge is 2.12. The van der Waals surface area contributed by atoms with Crippen molar-refractivity contribution in [3.63, 3.8) is 0 Å². The summed E-state index contributed by atoms with van der Waals surface area (Å²) in [7, 11) is 0. The summed E-state index contributed by atoms with van der Waals surface area (Å²) in [4.78, 5) is 15.7. The molecule has 0 spiro atoms. The van der Waals surface area contributed by atoms with Crippen molar-refractivity contribution in [2.75, 3.05) is 0 Å². The van der Waals surface area contributed by atoms with E-state index in [2.05, 4.69) is 11.1 Å². The van der Waals surface area contributed by atoms with Crippen LogP contribution in [0.1, 0.15) is 21.6 Å². The van der Waals surface area contributed by atoms with Crippen LogP contribution in [-0.2, 0) is 0 Å². The molecule has 0 aliphatic carbocycles. The smallest absolute Gasteiger partial charge is 0.352 e. The Hall–Kier alpha value is -2.62. The maximum atomic E-state index is 11.2. The number of carbonyl (C=O) groups is 1. The zero-order valence-corrected chi connectivity index (χ0v) is 11.3. The molecule has 0 saturated carbocycles. The number of aryl methyl sites for hydroxylation is 2. The van der Waals surface area contributed by atoms with Gasteiger partial charge in [0.15, 0.2) is 0 Å². The van der Waals surface area contributed by atoms with E-state index >= 15 is 0 Å². The van der Waals surface area contributed by atoms with Crippen LogP contribution < -0.4 is 0 Å². The monoisotopic (exact) mass is 266 g/mol. The molecule has 4 nitrogen and oxygen atoms in total. The number of carboxylic acid groups (broad SMARTS) is 1. The third kappa shape index (κ3) is 1.95. The maximum Gasteiger partial charge on any atom is 0.352 e. The first-order chi connectivity index (χ1) is 9.56.